The van der Waals surface area contributed by atoms with Gasteiger partial charge in [-0.15, -0.1) is 11.3 Å². The number of rotatable bonds is 2. The number of fused-ring (bicyclic) bond motifs is 1. The second kappa shape index (κ2) is 3.77. The van der Waals surface area contributed by atoms with Gasteiger partial charge in [0, 0.05) is 22.0 Å². The Hall–Kier alpha value is -1.58. The molecule has 2 aromatic heterocycles. The standard InChI is InChI=1S/C13H12N2S/c14-13(12-5-2-8-16-12)10-3-1-4-11-9(10)6-7-15-11/h1-8,13,15H,14H2/t13-/m0/s1. The zero-order chi connectivity index (χ0) is 11.0. The molecule has 0 bridgehead atoms. The van der Waals surface area contributed by atoms with E-state index in [0.29, 0.717) is 0 Å². The van der Waals surface area contributed by atoms with E-state index in [-0.39, 0.29) is 6.04 Å². The summed E-state index contributed by atoms with van der Waals surface area (Å²) in [6, 6.07) is 12.4. The number of H-pyrrole nitrogens is 1. The normalized spacial score (nSPS) is 13.1. The van der Waals surface area contributed by atoms with Gasteiger partial charge in [-0.25, -0.2) is 0 Å². The van der Waals surface area contributed by atoms with Gasteiger partial charge in [-0.3, -0.25) is 0 Å². The molecule has 0 saturated heterocycles. The summed E-state index contributed by atoms with van der Waals surface area (Å²) in [5.41, 5.74) is 8.61. The first kappa shape index (κ1) is 9.63. The van der Waals surface area contributed by atoms with Crippen LogP contribution in [0.4, 0.5) is 0 Å². The molecule has 0 aliphatic rings. The first-order chi connectivity index (χ1) is 7.86. The summed E-state index contributed by atoms with van der Waals surface area (Å²) in [5.74, 6) is 0. The molecular formula is C13H12N2S. The second-order valence-electron chi connectivity index (χ2n) is 3.78. The third kappa shape index (κ3) is 1.45. The Morgan fingerprint density at radius 3 is 2.88 bits per heavy atom. The summed E-state index contributed by atoms with van der Waals surface area (Å²) < 4.78 is 0. The van der Waals surface area contributed by atoms with Gasteiger partial charge >= 0.3 is 0 Å². The number of nitrogens with one attached hydrogen (secondary N) is 1. The van der Waals surface area contributed by atoms with Crippen LogP contribution in [-0.4, -0.2) is 4.98 Å². The number of benzene rings is 1. The van der Waals surface area contributed by atoms with Gasteiger partial charge in [0.2, 0.25) is 0 Å². The fraction of sp³-hybridized carbons (Fsp3) is 0.0769. The van der Waals surface area contributed by atoms with Crippen molar-refractivity contribution in [1.82, 2.24) is 4.98 Å². The molecule has 0 spiro atoms. The zero-order valence-corrected chi connectivity index (χ0v) is 9.50. The molecule has 0 aliphatic carbocycles. The summed E-state index contributed by atoms with van der Waals surface area (Å²) in [5, 5.41) is 3.27. The van der Waals surface area contributed by atoms with Crippen LogP contribution in [0.5, 0.6) is 0 Å². The summed E-state index contributed by atoms with van der Waals surface area (Å²) >= 11 is 1.70. The zero-order valence-electron chi connectivity index (χ0n) is 8.68. The Labute approximate surface area is 97.7 Å². The van der Waals surface area contributed by atoms with E-state index < -0.39 is 0 Å². The van der Waals surface area contributed by atoms with E-state index in [1.54, 1.807) is 11.3 Å². The van der Waals surface area contributed by atoms with Crippen molar-refractivity contribution in [2.24, 2.45) is 5.73 Å². The monoisotopic (exact) mass is 228 g/mol. The molecule has 16 heavy (non-hydrogen) atoms. The van der Waals surface area contributed by atoms with Crippen molar-refractivity contribution in [3.63, 3.8) is 0 Å². The van der Waals surface area contributed by atoms with Crippen LogP contribution < -0.4 is 5.73 Å². The van der Waals surface area contributed by atoms with Gasteiger partial charge in [0.25, 0.3) is 0 Å². The highest BCUT2D eigenvalue weighted by Gasteiger charge is 2.12. The molecule has 0 fully saturated rings. The van der Waals surface area contributed by atoms with Crippen molar-refractivity contribution >= 4 is 22.2 Å². The van der Waals surface area contributed by atoms with Crippen molar-refractivity contribution in [1.29, 1.82) is 0 Å². The molecule has 80 valence electrons. The topological polar surface area (TPSA) is 41.8 Å². The van der Waals surface area contributed by atoms with Gasteiger partial charge in [0.15, 0.2) is 0 Å². The molecule has 3 rings (SSSR count). The molecule has 0 radical (unpaired) electrons. The number of aromatic nitrogens is 1. The van der Waals surface area contributed by atoms with Crippen molar-refractivity contribution in [3.8, 4) is 0 Å². The van der Waals surface area contributed by atoms with E-state index in [1.807, 2.05) is 18.3 Å². The minimum absolute atomic E-state index is 0.0282. The van der Waals surface area contributed by atoms with Gasteiger partial charge in [-0.05, 0) is 29.1 Å². The molecule has 0 saturated carbocycles. The summed E-state index contributed by atoms with van der Waals surface area (Å²) in [4.78, 5) is 4.41. The maximum Gasteiger partial charge on any atom is 0.0652 e. The third-order valence-electron chi connectivity index (χ3n) is 2.81. The van der Waals surface area contributed by atoms with E-state index in [2.05, 4.69) is 34.6 Å². The van der Waals surface area contributed by atoms with Gasteiger partial charge in [0.05, 0.1) is 6.04 Å². The SMILES string of the molecule is N[C@H](c1cccs1)c1cccc2[nH]ccc12. The Bertz CT molecular complexity index is 595. The van der Waals surface area contributed by atoms with E-state index >= 15 is 0 Å². The molecule has 1 aromatic carbocycles. The first-order valence-electron chi connectivity index (χ1n) is 5.21. The molecule has 0 unspecified atom stereocenters. The number of aromatic amines is 1. The average molecular weight is 228 g/mol. The quantitative estimate of drug-likeness (QED) is 0.694. The predicted octanol–water partition coefficient (Wildman–Crippen LogP) is 3.28. The first-order valence-corrected chi connectivity index (χ1v) is 6.09. The predicted molar refractivity (Wildman–Crippen MR) is 68.6 cm³/mol. The fourth-order valence-corrected chi connectivity index (χ4v) is 2.75. The van der Waals surface area contributed by atoms with Gasteiger partial charge in [0.1, 0.15) is 0 Å². The van der Waals surface area contributed by atoms with Crippen molar-refractivity contribution in [2.75, 3.05) is 0 Å². The largest absolute Gasteiger partial charge is 0.361 e. The highest BCUT2D eigenvalue weighted by molar-refractivity contribution is 7.10. The summed E-state index contributed by atoms with van der Waals surface area (Å²) in [6.45, 7) is 0. The minimum atomic E-state index is -0.0282. The Morgan fingerprint density at radius 1 is 1.12 bits per heavy atom. The lowest BCUT2D eigenvalue weighted by atomic mass is 10.0. The molecule has 1 atom stereocenters. The van der Waals surface area contributed by atoms with E-state index in [1.165, 1.54) is 15.8 Å². The molecule has 0 aliphatic heterocycles. The molecule has 2 heterocycles. The molecule has 3 aromatic rings. The lowest BCUT2D eigenvalue weighted by molar-refractivity contribution is 0.904. The average Bonchev–Trinajstić information content (AvgIpc) is 2.98. The lowest BCUT2D eigenvalue weighted by Crippen LogP contribution is -2.10. The van der Waals surface area contributed by atoms with Crippen LogP contribution in [0.1, 0.15) is 16.5 Å². The van der Waals surface area contributed by atoms with Crippen molar-refractivity contribution in [3.05, 3.63) is 58.4 Å². The van der Waals surface area contributed by atoms with Crippen LogP contribution in [0.2, 0.25) is 0 Å². The van der Waals surface area contributed by atoms with Crippen molar-refractivity contribution in [2.45, 2.75) is 6.04 Å². The Morgan fingerprint density at radius 2 is 2.06 bits per heavy atom. The van der Waals surface area contributed by atoms with Gasteiger partial charge < -0.3 is 10.7 Å². The van der Waals surface area contributed by atoms with Gasteiger partial charge in [-0.2, -0.15) is 0 Å². The van der Waals surface area contributed by atoms with E-state index in [0.717, 1.165) is 5.52 Å². The summed E-state index contributed by atoms with van der Waals surface area (Å²) in [7, 11) is 0. The molecule has 0 amide bonds. The molecular weight excluding hydrogens is 216 g/mol. The smallest absolute Gasteiger partial charge is 0.0652 e. The van der Waals surface area contributed by atoms with Crippen molar-refractivity contribution < 1.29 is 0 Å². The molecule has 3 N–H and O–H groups in total. The molecule has 3 heteroatoms. The van der Waals surface area contributed by atoms with Gasteiger partial charge in [-0.1, -0.05) is 18.2 Å². The minimum Gasteiger partial charge on any atom is -0.361 e. The van der Waals surface area contributed by atoms with E-state index in [4.69, 9.17) is 5.73 Å². The van der Waals surface area contributed by atoms with Crippen LogP contribution >= 0.6 is 11.3 Å². The third-order valence-corrected chi connectivity index (χ3v) is 3.77. The van der Waals surface area contributed by atoms with Crippen LogP contribution in [0.3, 0.4) is 0 Å². The second-order valence-corrected chi connectivity index (χ2v) is 4.76. The number of thiophene rings is 1. The van der Waals surface area contributed by atoms with Crippen LogP contribution in [-0.2, 0) is 0 Å². The van der Waals surface area contributed by atoms with E-state index in [9.17, 15) is 0 Å². The number of hydrogen-bond donors (Lipinski definition) is 2. The maximum absolute atomic E-state index is 6.28. The lowest BCUT2D eigenvalue weighted by Gasteiger charge is -2.11. The molecule has 2 nitrogen and oxygen atoms in total. The van der Waals surface area contributed by atoms with Crippen LogP contribution in [0, 0.1) is 0 Å². The van der Waals surface area contributed by atoms with Crippen LogP contribution in [0.25, 0.3) is 10.9 Å². The number of nitrogens with two attached hydrogens (primary N) is 1. The maximum atomic E-state index is 6.28. The van der Waals surface area contributed by atoms with Crippen LogP contribution in [0.15, 0.2) is 48.0 Å². The Balaban J connectivity index is 2.15. The highest BCUT2D eigenvalue weighted by atomic mass is 32.1. The number of hydrogen-bond acceptors (Lipinski definition) is 2. The Kier molecular flexibility index (Phi) is 2.27. The highest BCUT2D eigenvalue weighted by Crippen LogP contribution is 2.28. The summed E-state index contributed by atoms with van der Waals surface area (Å²) in [6.07, 6.45) is 1.95. The fourth-order valence-electron chi connectivity index (χ4n) is 2.00.